The monoisotopic (exact) mass is 363 g/mol. The molecule has 4 heterocycles. The average Bonchev–Trinajstić information content (AvgIpc) is 3.14. The molecular formula is C20H25N7. The smallest absolute Gasteiger partial charge is 0.228 e. The maximum absolute atomic E-state index is 4.84. The second kappa shape index (κ2) is 7.84. The van der Waals surface area contributed by atoms with Gasteiger partial charge in [-0.05, 0) is 51.4 Å². The summed E-state index contributed by atoms with van der Waals surface area (Å²) in [4.78, 5) is 23.7. The highest BCUT2D eigenvalue weighted by Gasteiger charge is 2.23. The summed E-state index contributed by atoms with van der Waals surface area (Å²) in [6.45, 7) is 6.90. The molecule has 3 aromatic heterocycles. The van der Waals surface area contributed by atoms with Crippen LogP contribution in [0.2, 0.25) is 0 Å². The van der Waals surface area contributed by atoms with Crippen LogP contribution in [0.1, 0.15) is 41.7 Å². The quantitative estimate of drug-likeness (QED) is 0.723. The number of likely N-dealkylation sites (tertiary alicyclic amines) is 1. The van der Waals surface area contributed by atoms with Gasteiger partial charge in [0.05, 0.1) is 6.54 Å². The SMILES string of the molecule is Cc1cc(C)nc(Nc2cccc(C3CCCN(Cc4ncc[nH]4)C3)n2)n1. The van der Waals surface area contributed by atoms with Crippen molar-refractivity contribution in [2.75, 3.05) is 18.4 Å². The lowest BCUT2D eigenvalue weighted by Gasteiger charge is -2.32. The van der Waals surface area contributed by atoms with Crippen LogP contribution in [0, 0.1) is 13.8 Å². The van der Waals surface area contributed by atoms with Gasteiger partial charge in [-0.2, -0.15) is 0 Å². The Morgan fingerprint density at radius 1 is 1.19 bits per heavy atom. The molecule has 1 unspecified atom stereocenters. The lowest BCUT2D eigenvalue weighted by atomic mass is 9.94. The lowest BCUT2D eigenvalue weighted by Crippen LogP contribution is -2.34. The van der Waals surface area contributed by atoms with Crippen LogP contribution >= 0.6 is 0 Å². The van der Waals surface area contributed by atoms with Gasteiger partial charge in [0.1, 0.15) is 11.6 Å². The number of aromatic nitrogens is 5. The number of hydrogen-bond acceptors (Lipinski definition) is 6. The molecule has 0 amide bonds. The molecule has 1 aliphatic rings. The first-order valence-electron chi connectivity index (χ1n) is 9.42. The first-order chi connectivity index (χ1) is 13.2. The molecule has 7 heteroatoms. The minimum Gasteiger partial charge on any atom is -0.348 e. The highest BCUT2D eigenvalue weighted by molar-refractivity contribution is 5.48. The predicted octanol–water partition coefficient (Wildman–Crippen LogP) is 3.33. The van der Waals surface area contributed by atoms with Gasteiger partial charge in [-0.15, -0.1) is 0 Å². The Morgan fingerprint density at radius 3 is 2.81 bits per heavy atom. The highest BCUT2D eigenvalue weighted by Crippen LogP contribution is 2.27. The Kier molecular flexibility index (Phi) is 5.11. The second-order valence-corrected chi connectivity index (χ2v) is 7.16. The van der Waals surface area contributed by atoms with Crippen molar-refractivity contribution >= 4 is 11.8 Å². The Hall–Kier alpha value is -2.80. The fourth-order valence-corrected chi connectivity index (χ4v) is 3.68. The number of aryl methyl sites for hydroxylation is 2. The molecule has 1 aliphatic heterocycles. The molecule has 27 heavy (non-hydrogen) atoms. The van der Waals surface area contributed by atoms with E-state index in [2.05, 4.69) is 42.3 Å². The van der Waals surface area contributed by atoms with Crippen molar-refractivity contribution < 1.29 is 0 Å². The van der Waals surface area contributed by atoms with E-state index in [0.717, 1.165) is 54.8 Å². The normalized spacial score (nSPS) is 17.8. The summed E-state index contributed by atoms with van der Waals surface area (Å²) in [5.41, 5.74) is 3.01. The highest BCUT2D eigenvalue weighted by atomic mass is 15.2. The van der Waals surface area contributed by atoms with Gasteiger partial charge in [0, 0.05) is 41.9 Å². The third kappa shape index (κ3) is 4.49. The van der Waals surface area contributed by atoms with Crippen molar-refractivity contribution in [1.82, 2.24) is 29.8 Å². The van der Waals surface area contributed by atoms with Crippen LogP contribution in [0.5, 0.6) is 0 Å². The van der Waals surface area contributed by atoms with Gasteiger partial charge in [0.2, 0.25) is 5.95 Å². The van der Waals surface area contributed by atoms with Gasteiger partial charge in [0.15, 0.2) is 0 Å². The largest absolute Gasteiger partial charge is 0.348 e. The van der Waals surface area contributed by atoms with E-state index in [-0.39, 0.29) is 0 Å². The fourth-order valence-electron chi connectivity index (χ4n) is 3.68. The molecule has 0 aliphatic carbocycles. The van der Waals surface area contributed by atoms with Crippen LogP contribution in [0.3, 0.4) is 0 Å². The molecule has 1 fully saturated rings. The van der Waals surface area contributed by atoms with Crippen LogP contribution in [0.15, 0.2) is 36.7 Å². The van der Waals surface area contributed by atoms with E-state index in [1.807, 2.05) is 38.4 Å². The van der Waals surface area contributed by atoms with Crippen LogP contribution in [0.25, 0.3) is 0 Å². The van der Waals surface area contributed by atoms with E-state index < -0.39 is 0 Å². The fraction of sp³-hybridized carbons (Fsp3) is 0.400. The zero-order valence-electron chi connectivity index (χ0n) is 15.8. The van der Waals surface area contributed by atoms with Gasteiger partial charge in [0.25, 0.3) is 0 Å². The van der Waals surface area contributed by atoms with E-state index in [1.165, 1.54) is 6.42 Å². The van der Waals surface area contributed by atoms with Gasteiger partial charge >= 0.3 is 0 Å². The molecule has 1 saturated heterocycles. The Morgan fingerprint density at radius 2 is 2.04 bits per heavy atom. The van der Waals surface area contributed by atoms with E-state index in [9.17, 15) is 0 Å². The van der Waals surface area contributed by atoms with Crippen molar-refractivity contribution in [1.29, 1.82) is 0 Å². The lowest BCUT2D eigenvalue weighted by molar-refractivity contribution is 0.194. The number of anilines is 2. The summed E-state index contributed by atoms with van der Waals surface area (Å²) in [5, 5.41) is 3.25. The molecule has 3 aromatic rings. The van der Waals surface area contributed by atoms with E-state index in [4.69, 9.17) is 4.98 Å². The first-order valence-corrected chi connectivity index (χ1v) is 9.42. The summed E-state index contributed by atoms with van der Waals surface area (Å²) in [5.74, 6) is 2.84. The number of piperidine rings is 1. The minimum atomic E-state index is 0.427. The van der Waals surface area contributed by atoms with Gasteiger partial charge in [-0.3, -0.25) is 4.90 Å². The minimum absolute atomic E-state index is 0.427. The summed E-state index contributed by atoms with van der Waals surface area (Å²) in [6.07, 6.45) is 6.02. The van der Waals surface area contributed by atoms with Crippen molar-refractivity contribution in [3.05, 3.63) is 59.6 Å². The molecule has 4 rings (SSSR count). The molecule has 7 nitrogen and oxygen atoms in total. The third-order valence-corrected chi connectivity index (χ3v) is 4.84. The average molecular weight is 363 g/mol. The summed E-state index contributed by atoms with van der Waals surface area (Å²) in [6, 6.07) is 8.10. The maximum Gasteiger partial charge on any atom is 0.228 e. The number of aromatic amines is 1. The molecule has 1 atom stereocenters. The van der Waals surface area contributed by atoms with Crippen molar-refractivity contribution in [3.63, 3.8) is 0 Å². The summed E-state index contributed by atoms with van der Waals surface area (Å²) < 4.78 is 0. The van der Waals surface area contributed by atoms with Gasteiger partial charge in [-0.25, -0.2) is 19.9 Å². The Labute approximate surface area is 159 Å². The molecule has 140 valence electrons. The van der Waals surface area contributed by atoms with Crippen LogP contribution in [0.4, 0.5) is 11.8 Å². The second-order valence-electron chi connectivity index (χ2n) is 7.16. The zero-order chi connectivity index (χ0) is 18.6. The van der Waals surface area contributed by atoms with Crippen LogP contribution < -0.4 is 5.32 Å². The number of nitrogens with one attached hydrogen (secondary N) is 2. The standard InChI is InChI=1S/C20H25N7/c1-14-11-15(2)24-20(23-14)26-18-7-3-6-17(25-18)16-5-4-10-27(12-16)13-19-21-8-9-22-19/h3,6-9,11,16H,4-5,10,12-13H2,1-2H3,(H,21,22)(H,23,24,25,26). The third-order valence-electron chi connectivity index (χ3n) is 4.84. The maximum atomic E-state index is 4.84. The van der Waals surface area contributed by atoms with E-state index >= 15 is 0 Å². The molecule has 2 N–H and O–H groups in total. The van der Waals surface area contributed by atoms with Crippen molar-refractivity contribution in [2.24, 2.45) is 0 Å². The van der Waals surface area contributed by atoms with Crippen LogP contribution in [-0.4, -0.2) is 42.9 Å². The number of pyridine rings is 1. The molecule has 0 radical (unpaired) electrons. The predicted molar refractivity (Wildman–Crippen MR) is 105 cm³/mol. The Bertz CT molecular complexity index is 871. The van der Waals surface area contributed by atoms with E-state index in [1.54, 1.807) is 0 Å². The van der Waals surface area contributed by atoms with Crippen molar-refractivity contribution in [3.8, 4) is 0 Å². The molecular weight excluding hydrogens is 338 g/mol. The molecule has 0 bridgehead atoms. The summed E-state index contributed by atoms with van der Waals surface area (Å²) in [7, 11) is 0. The number of imidazole rings is 1. The van der Waals surface area contributed by atoms with Gasteiger partial charge in [-0.1, -0.05) is 6.07 Å². The summed E-state index contributed by atoms with van der Waals surface area (Å²) >= 11 is 0. The van der Waals surface area contributed by atoms with E-state index in [0.29, 0.717) is 11.9 Å². The topological polar surface area (TPSA) is 82.6 Å². The Balaban J connectivity index is 1.46. The molecule has 0 aromatic carbocycles. The number of H-pyrrole nitrogens is 1. The number of rotatable bonds is 5. The van der Waals surface area contributed by atoms with Crippen molar-refractivity contribution in [2.45, 2.75) is 39.2 Å². The molecule has 0 saturated carbocycles. The van der Waals surface area contributed by atoms with Gasteiger partial charge < -0.3 is 10.3 Å². The number of nitrogens with zero attached hydrogens (tertiary/aromatic N) is 5. The first kappa shape index (κ1) is 17.6. The van der Waals surface area contributed by atoms with Crippen LogP contribution in [-0.2, 0) is 6.54 Å². The zero-order valence-corrected chi connectivity index (χ0v) is 15.8. The molecule has 0 spiro atoms. The number of hydrogen-bond donors (Lipinski definition) is 2.